The molecule has 4 N–H and O–H groups in total. The lowest BCUT2D eigenvalue weighted by Crippen LogP contribution is -2.53. The number of benzene rings is 2. The molecule has 122 valence electrons. The molecular weight excluding hydrogens is 314 g/mol. The fourth-order valence-corrected chi connectivity index (χ4v) is 2.57. The summed E-state index contributed by atoms with van der Waals surface area (Å²) in [5.74, 6) is 0.366. The van der Waals surface area contributed by atoms with Crippen LogP contribution in [-0.4, -0.2) is 22.6 Å². The van der Waals surface area contributed by atoms with E-state index in [9.17, 15) is 0 Å². The third-order valence-corrected chi connectivity index (χ3v) is 3.55. The largest absolute Gasteiger partial charge is 0.368 e. The molecule has 0 radical (unpaired) electrons. The SMILES string of the molecule is CC1(C)N=C(N)N=C(N)N1OCc1cccc2ccccc12.Cl. The van der Waals surface area contributed by atoms with Gasteiger partial charge in [-0.25, -0.2) is 4.99 Å². The summed E-state index contributed by atoms with van der Waals surface area (Å²) < 4.78 is 0. The minimum absolute atomic E-state index is 0. The molecule has 6 nitrogen and oxygen atoms in total. The van der Waals surface area contributed by atoms with E-state index >= 15 is 0 Å². The first-order chi connectivity index (χ1) is 10.5. The van der Waals surface area contributed by atoms with Gasteiger partial charge in [0.1, 0.15) is 6.61 Å². The number of aliphatic imine (C=N–C) groups is 2. The van der Waals surface area contributed by atoms with E-state index in [2.05, 4.69) is 28.2 Å². The highest BCUT2D eigenvalue weighted by Crippen LogP contribution is 2.23. The van der Waals surface area contributed by atoms with E-state index in [1.807, 2.05) is 38.1 Å². The van der Waals surface area contributed by atoms with Gasteiger partial charge in [0.25, 0.3) is 0 Å². The average molecular weight is 334 g/mol. The zero-order chi connectivity index (χ0) is 15.7. The van der Waals surface area contributed by atoms with Crippen LogP contribution >= 0.6 is 12.4 Å². The second kappa shape index (κ2) is 6.44. The summed E-state index contributed by atoms with van der Waals surface area (Å²) in [4.78, 5) is 14.1. The van der Waals surface area contributed by atoms with Gasteiger partial charge >= 0.3 is 0 Å². The van der Waals surface area contributed by atoms with Gasteiger partial charge in [0, 0.05) is 0 Å². The zero-order valence-corrected chi connectivity index (χ0v) is 13.9. The van der Waals surface area contributed by atoms with Crippen LogP contribution in [0.25, 0.3) is 10.8 Å². The van der Waals surface area contributed by atoms with Crippen molar-refractivity contribution in [3.63, 3.8) is 0 Å². The summed E-state index contributed by atoms with van der Waals surface area (Å²) in [5.41, 5.74) is 11.9. The fourth-order valence-electron chi connectivity index (χ4n) is 2.57. The molecule has 1 aliphatic heterocycles. The highest BCUT2D eigenvalue weighted by atomic mass is 35.5. The van der Waals surface area contributed by atoms with Gasteiger partial charge in [0.2, 0.25) is 11.9 Å². The topological polar surface area (TPSA) is 89.2 Å². The maximum Gasteiger partial charge on any atom is 0.226 e. The molecule has 0 bridgehead atoms. The van der Waals surface area contributed by atoms with Gasteiger partial charge < -0.3 is 11.5 Å². The van der Waals surface area contributed by atoms with Crippen molar-refractivity contribution in [3.8, 4) is 0 Å². The van der Waals surface area contributed by atoms with Crippen LogP contribution in [0.1, 0.15) is 19.4 Å². The average Bonchev–Trinajstić information content (AvgIpc) is 2.45. The fraction of sp³-hybridized carbons (Fsp3) is 0.250. The van der Waals surface area contributed by atoms with Crippen molar-refractivity contribution in [2.45, 2.75) is 26.1 Å². The van der Waals surface area contributed by atoms with Gasteiger partial charge in [-0.2, -0.15) is 10.1 Å². The first-order valence-corrected chi connectivity index (χ1v) is 7.07. The van der Waals surface area contributed by atoms with Gasteiger partial charge in [0.05, 0.1) is 0 Å². The standard InChI is InChI=1S/C16H19N5O.ClH/c1-16(2)20-14(17)19-15(18)21(16)22-10-12-8-5-7-11-6-3-4-9-13(11)12;/h3-9H,10H2,1-2H3,(H4,17,18,19,20);1H. The van der Waals surface area contributed by atoms with Crippen molar-refractivity contribution in [1.82, 2.24) is 5.06 Å². The molecule has 1 aliphatic rings. The summed E-state index contributed by atoms with van der Waals surface area (Å²) in [6.45, 7) is 4.10. The highest BCUT2D eigenvalue weighted by molar-refractivity contribution is 5.95. The third kappa shape index (κ3) is 3.38. The van der Waals surface area contributed by atoms with Crippen molar-refractivity contribution >= 4 is 35.1 Å². The molecule has 1 heterocycles. The lowest BCUT2D eigenvalue weighted by Gasteiger charge is -2.36. The minimum Gasteiger partial charge on any atom is -0.368 e. The first kappa shape index (κ1) is 17.1. The molecule has 0 aromatic heterocycles. The van der Waals surface area contributed by atoms with Crippen LogP contribution in [0.15, 0.2) is 52.4 Å². The molecular formula is C16H20ClN5O. The van der Waals surface area contributed by atoms with Gasteiger partial charge in [-0.15, -0.1) is 12.4 Å². The monoisotopic (exact) mass is 333 g/mol. The highest BCUT2D eigenvalue weighted by Gasteiger charge is 2.33. The van der Waals surface area contributed by atoms with Crippen molar-refractivity contribution < 1.29 is 4.84 Å². The van der Waals surface area contributed by atoms with Crippen molar-refractivity contribution in [1.29, 1.82) is 0 Å². The van der Waals surface area contributed by atoms with Gasteiger partial charge in [-0.05, 0) is 30.2 Å². The molecule has 3 rings (SSSR count). The lowest BCUT2D eigenvalue weighted by molar-refractivity contribution is -0.166. The van der Waals surface area contributed by atoms with Gasteiger partial charge in [-0.1, -0.05) is 42.5 Å². The number of hydrogen-bond donors (Lipinski definition) is 2. The van der Waals surface area contributed by atoms with Crippen LogP contribution in [0, 0.1) is 0 Å². The van der Waals surface area contributed by atoms with E-state index in [0.717, 1.165) is 10.9 Å². The quantitative estimate of drug-likeness (QED) is 0.902. The van der Waals surface area contributed by atoms with Crippen LogP contribution in [0.5, 0.6) is 0 Å². The molecule has 0 atom stereocenters. The Balaban J connectivity index is 0.00000192. The molecule has 0 spiro atoms. The molecule has 2 aromatic carbocycles. The Morgan fingerprint density at radius 2 is 1.78 bits per heavy atom. The number of guanidine groups is 2. The minimum atomic E-state index is -0.694. The van der Waals surface area contributed by atoms with E-state index < -0.39 is 5.66 Å². The molecule has 0 fully saturated rings. The van der Waals surface area contributed by atoms with E-state index in [1.54, 1.807) is 0 Å². The Morgan fingerprint density at radius 3 is 2.52 bits per heavy atom. The Bertz CT molecular complexity index is 767. The molecule has 7 heteroatoms. The number of hydrogen-bond acceptors (Lipinski definition) is 6. The van der Waals surface area contributed by atoms with Gasteiger partial charge in [0.15, 0.2) is 5.66 Å². The summed E-state index contributed by atoms with van der Waals surface area (Å²) in [5, 5.41) is 3.81. The molecule has 0 unspecified atom stereocenters. The van der Waals surface area contributed by atoms with Crippen molar-refractivity contribution in [2.24, 2.45) is 21.5 Å². The van der Waals surface area contributed by atoms with Crippen LogP contribution in [-0.2, 0) is 11.4 Å². The van der Waals surface area contributed by atoms with Crippen LogP contribution in [0.4, 0.5) is 0 Å². The third-order valence-electron chi connectivity index (χ3n) is 3.55. The van der Waals surface area contributed by atoms with Crippen LogP contribution in [0.2, 0.25) is 0 Å². The Morgan fingerprint density at radius 1 is 1.09 bits per heavy atom. The molecule has 0 amide bonds. The molecule has 23 heavy (non-hydrogen) atoms. The molecule has 2 aromatic rings. The Hall–Kier alpha value is -2.31. The van der Waals surface area contributed by atoms with E-state index in [0.29, 0.717) is 6.61 Å². The van der Waals surface area contributed by atoms with E-state index in [1.165, 1.54) is 10.4 Å². The van der Waals surface area contributed by atoms with Crippen molar-refractivity contribution in [3.05, 3.63) is 48.0 Å². The summed E-state index contributed by atoms with van der Waals surface area (Å²) >= 11 is 0. The molecule has 0 saturated heterocycles. The van der Waals surface area contributed by atoms with Crippen LogP contribution in [0.3, 0.4) is 0 Å². The predicted octanol–water partition coefficient (Wildman–Crippen LogP) is 2.37. The van der Waals surface area contributed by atoms with E-state index in [4.69, 9.17) is 16.3 Å². The Labute approximate surface area is 141 Å². The summed E-state index contributed by atoms with van der Waals surface area (Å²) in [7, 11) is 0. The second-order valence-corrected chi connectivity index (χ2v) is 5.64. The molecule has 0 saturated carbocycles. The number of nitrogens with zero attached hydrogens (tertiary/aromatic N) is 3. The maximum absolute atomic E-state index is 5.91. The second-order valence-electron chi connectivity index (χ2n) is 5.64. The number of rotatable bonds is 3. The predicted molar refractivity (Wildman–Crippen MR) is 95.1 cm³/mol. The maximum atomic E-state index is 5.91. The smallest absolute Gasteiger partial charge is 0.226 e. The van der Waals surface area contributed by atoms with Gasteiger partial charge in [-0.3, -0.25) is 4.84 Å². The number of halogens is 1. The normalized spacial score (nSPS) is 16.5. The number of hydroxylamine groups is 2. The summed E-state index contributed by atoms with van der Waals surface area (Å²) in [6.07, 6.45) is 0. The Kier molecular flexibility index (Phi) is 4.77. The molecule has 0 aliphatic carbocycles. The summed E-state index contributed by atoms with van der Waals surface area (Å²) in [6, 6.07) is 14.3. The van der Waals surface area contributed by atoms with E-state index in [-0.39, 0.29) is 24.3 Å². The van der Waals surface area contributed by atoms with Crippen molar-refractivity contribution in [2.75, 3.05) is 0 Å². The zero-order valence-electron chi connectivity index (χ0n) is 13.1. The van der Waals surface area contributed by atoms with Crippen LogP contribution < -0.4 is 11.5 Å². The first-order valence-electron chi connectivity index (χ1n) is 7.07. The lowest BCUT2D eigenvalue weighted by atomic mass is 10.1. The number of nitrogens with two attached hydrogens (primary N) is 2. The number of fused-ring (bicyclic) bond motifs is 1.